The first-order valence-electron chi connectivity index (χ1n) is 13.1. The second-order valence-electron chi connectivity index (χ2n) is 9.84. The van der Waals surface area contributed by atoms with Gasteiger partial charge in [0.15, 0.2) is 0 Å². The molecule has 2 amide bonds. The maximum Gasteiger partial charge on any atom is 0.254 e. The lowest BCUT2D eigenvalue weighted by Gasteiger charge is -2.46. The average molecular weight is 515 g/mol. The minimum Gasteiger partial charge on any atom is -0.497 e. The zero-order valence-electron chi connectivity index (χ0n) is 22.1. The Bertz CT molecular complexity index is 1300. The van der Waals surface area contributed by atoms with Crippen molar-refractivity contribution >= 4 is 17.5 Å². The van der Waals surface area contributed by atoms with E-state index in [0.717, 1.165) is 42.6 Å². The Kier molecular flexibility index (Phi) is 7.54. The van der Waals surface area contributed by atoms with E-state index in [1.807, 2.05) is 53.4 Å². The van der Waals surface area contributed by atoms with E-state index in [1.165, 1.54) is 6.42 Å². The third-order valence-electron chi connectivity index (χ3n) is 7.75. The Labute approximate surface area is 223 Å². The van der Waals surface area contributed by atoms with Crippen LogP contribution in [-0.4, -0.2) is 44.1 Å². The molecule has 0 aromatic heterocycles. The number of amides is 2. The van der Waals surface area contributed by atoms with Crippen LogP contribution in [0.3, 0.4) is 0 Å². The Morgan fingerprint density at radius 1 is 0.842 bits per heavy atom. The van der Waals surface area contributed by atoms with Crippen LogP contribution in [0.1, 0.15) is 65.5 Å². The van der Waals surface area contributed by atoms with Gasteiger partial charge in [-0.3, -0.25) is 9.59 Å². The molecule has 198 valence electrons. The summed E-state index contributed by atoms with van der Waals surface area (Å²) in [6.07, 6.45) is 5.18. The molecule has 3 aromatic rings. The first kappa shape index (κ1) is 25.6. The molecule has 1 aliphatic heterocycles. The normalized spacial score (nSPS) is 19.4. The molecule has 0 bridgehead atoms. The fourth-order valence-corrected chi connectivity index (χ4v) is 5.86. The molecule has 1 fully saturated rings. The van der Waals surface area contributed by atoms with E-state index in [1.54, 1.807) is 39.5 Å². The van der Waals surface area contributed by atoms with E-state index >= 15 is 0 Å². The van der Waals surface area contributed by atoms with Gasteiger partial charge in [-0.2, -0.15) is 0 Å². The molecule has 0 spiro atoms. The van der Waals surface area contributed by atoms with Gasteiger partial charge in [0, 0.05) is 17.7 Å². The van der Waals surface area contributed by atoms with Crippen molar-refractivity contribution in [2.45, 2.75) is 50.1 Å². The topological polar surface area (TPSA) is 77.1 Å². The van der Waals surface area contributed by atoms with Crippen LogP contribution >= 0.6 is 0 Å². The highest BCUT2D eigenvalue weighted by molar-refractivity contribution is 6.05. The number of nitrogens with zero attached hydrogens (tertiary/aromatic N) is 1. The minimum atomic E-state index is -0.619. The van der Waals surface area contributed by atoms with Gasteiger partial charge in [-0.05, 0) is 54.3 Å². The molecule has 7 heteroatoms. The number of methoxy groups -OCH3 is 3. The number of anilines is 1. The van der Waals surface area contributed by atoms with Crippen molar-refractivity contribution in [1.82, 2.24) is 4.90 Å². The maximum atomic E-state index is 14.2. The van der Waals surface area contributed by atoms with Gasteiger partial charge in [-0.1, -0.05) is 49.6 Å². The van der Waals surface area contributed by atoms with Gasteiger partial charge in [0.2, 0.25) is 5.91 Å². The first-order valence-corrected chi connectivity index (χ1v) is 13.1. The summed E-state index contributed by atoms with van der Waals surface area (Å²) in [4.78, 5) is 30.3. The minimum absolute atomic E-state index is 0.0144. The summed E-state index contributed by atoms with van der Waals surface area (Å²) in [5.41, 5.74) is 2.77. The van der Waals surface area contributed by atoms with E-state index in [0.29, 0.717) is 22.7 Å². The molecule has 0 saturated heterocycles. The van der Waals surface area contributed by atoms with E-state index < -0.39 is 12.0 Å². The number of carbonyl (C=O) groups excluding carboxylic acids is 2. The molecular formula is C31H34N2O5. The number of hydrogen-bond donors (Lipinski definition) is 1. The second-order valence-corrected chi connectivity index (χ2v) is 9.84. The Hall–Kier alpha value is -4.00. The zero-order valence-corrected chi connectivity index (χ0v) is 22.1. The monoisotopic (exact) mass is 514 g/mol. The molecule has 2 atom stereocenters. The molecule has 3 aromatic carbocycles. The largest absolute Gasteiger partial charge is 0.497 e. The van der Waals surface area contributed by atoms with Gasteiger partial charge in [0.05, 0.1) is 39.0 Å². The number of fused-ring (bicyclic) bond motifs is 1. The van der Waals surface area contributed by atoms with Crippen molar-refractivity contribution in [3.05, 3.63) is 83.4 Å². The molecule has 0 radical (unpaired) electrons. The van der Waals surface area contributed by atoms with Crippen LogP contribution < -0.4 is 19.5 Å². The van der Waals surface area contributed by atoms with Crippen molar-refractivity contribution in [2.24, 2.45) is 0 Å². The van der Waals surface area contributed by atoms with E-state index in [-0.39, 0.29) is 17.9 Å². The molecule has 1 saturated carbocycles. The van der Waals surface area contributed by atoms with Crippen molar-refractivity contribution in [1.29, 1.82) is 0 Å². The van der Waals surface area contributed by atoms with Gasteiger partial charge in [-0.25, -0.2) is 0 Å². The lowest BCUT2D eigenvalue weighted by molar-refractivity contribution is -0.119. The molecule has 0 unspecified atom stereocenters. The van der Waals surface area contributed by atoms with Crippen LogP contribution in [0.4, 0.5) is 5.69 Å². The van der Waals surface area contributed by atoms with Crippen molar-refractivity contribution in [3.63, 3.8) is 0 Å². The highest BCUT2D eigenvalue weighted by Crippen LogP contribution is 2.46. The number of ether oxygens (including phenoxy) is 3. The fourth-order valence-electron chi connectivity index (χ4n) is 5.86. The average Bonchev–Trinajstić information content (AvgIpc) is 2.97. The molecular weight excluding hydrogens is 480 g/mol. The molecule has 1 N–H and O–H groups in total. The SMILES string of the molecule is COc1ccc([C@@H]2[C@H](C(=O)Nc3ccc(OC)cc3OC)c3ccccc3C(=O)N2C2CCCCC2)cc1. The van der Waals surface area contributed by atoms with Crippen LogP contribution in [-0.2, 0) is 4.79 Å². The van der Waals surface area contributed by atoms with Gasteiger partial charge >= 0.3 is 0 Å². The van der Waals surface area contributed by atoms with Gasteiger partial charge in [-0.15, -0.1) is 0 Å². The van der Waals surface area contributed by atoms with Gasteiger partial charge in [0.25, 0.3) is 5.91 Å². The predicted octanol–water partition coefficient (Wildman–Crippen LogP) is 5.96. The zero-order chi connectivity index (χ0) is 26.6. The van der Waals surface area contributed by atoms with E-state index in [4.69, 9.17) is 14.2 Å². The number of benzene rings is 3. The van der Waals surface area contributed by atoms with E-state index in [2.05, 4.69) is 5.32 Å². The van der Waals surface area contributed by atoms with Crippen LogP contribution in [0.5, 0.6) is 17.2 Å². The number of nitrogens with one attached hydrogen (secondary N) is 1. The summed E-state index contributed by atoms with van der Waals surface area (Å²) in [6.45, 7) is 0. The Morgan fingerprint density at radius 3 is 2.21 bits per heavy atom. The summed E-state index contributed by atoms with van der Waals surface area (Å²) in [7, 11) is 4.77. The summed E-state index contributed by atoms with van der Waals surface area (Å²) in [5.74, 6) is 1.03. The number of hydrogen-bond acceptors (Lipinski definition) is 5. The molecule has 38 heavy (non-hydrogen) atoms. The molecule has 7 nitrogen and oxygen atoms in total. The Balaban J connectivity index is 1.62. The number of carbonyl (C=O) groups is 2. The first-order chi connectivity index (χ1) is 18.5. The third kappa shape index (κ3) is 4.80. The lowest BCUT2D eigenvalue weighted by atomic mass is 9.77. The molecule has 2 aliphatic rings. The highest BCUT2D eigenvalue weighted by Gasteiger charge is 2.46. The fraction of sp³-hybridized carbons (Fsp3) is 0.355. The van der Waals surface area contributed by atoms with Crippen molar-refractivity contribution in [3.8, 4) is 17.2 Å². The summed E-state index contributed by atoms with van der Waals surface area (Å²) in [5, 5.41) is 3.10. The molecule has 1 heterocycles. The smallest absolute Gasteiger partial charge is 0.254 e. The van der Waals surface area contributed by atoms with Crippen LogP contribution in [0.15, 0.2) is 66.7 Å². The van der Waals surface area contributed by atoms with Gasteiger partial charge < -0.3 is 24.4 Å². The molecule has 5 rings (SSSR count). The quantitative estimate of drug-likeness (QED) is 0.421. The molecule has 1 aliphatic carbocycles. The Morgan fingerprint density at radius 2 is 1.53 bits per heavy atom. The van der Waals surface area contributed by atoms with E-state index in [9.17, 15) is 9.59 Å². The summed E-state index contributed by atoms with van der Waals surface area (Å²) >= 11 is 0. The van der Waals surface area contributed by atoms with Crippen molar-refractivity contribution in [2.75, 3.05) is 26.6 Å². The summed E-state index contributed by atoms with van der Waals surface area (Å²) < 4.78 is 16.3. The van der Waals surface area contributed by atoms with Crippen molar-refractivity contribution < 1.29 is 23.8 Å². The maximum absolute atomic E-state index is 14.2. The number of rotatable bonds is 7. The summed E-state index contributed by atoms with van der Waals surface area (Å²) in [6, 6.07) is 20.1. The predicted molar refractivity (Wildman–Crippen MR) is 146 cm³/mol. The second kappa shape index (κ2) is 11.2. The lowest BCUT2D eigenvalue weighted by Crippen LogP contribution is -2.51. The van der Waals surface area contributed by atoms with Crippen LogP contribution in [0.25, 0.3) is 0 Å². The van der Waals surface area contributed by atoms with Crippen LogP contribution in [0, 0.1) is 0 Å². The third-order valence-corrected chi connectivity index (χ3v) is 7.75. The van der Waals surface area contributed by atoms with Crippen LogP contribution in [0.2, 0.25) is 0 Å². The standard InChI is InChI=1S/C31H34N2O5/c1-36-22-15-13-20(14-16-22)29-28(30(34)32-26-18-17-23(37-2)19-27(26)38-3)24-11-7-8-12-25(24)31(35)33(29)21-9-5-4-6-10-21/h7-8,11-19,21,28-29H,4-6,9-10H2,1-3H3,(H,32,34)/t28-,29-/m1/s1. The highest BCUT2D eigenvalue weighted by atomic mass is 16.5. The van der Waals surface area contributed by atoms with Gasteiger partial charge in [0.1, 0.15) is 17.2 Å².